The minimum absolute atomic E-state index is 0.486. The van der Waals surface area contributed by atoms with Crippen LogP contribution < -0.4 is 5.32 Å². The molecule has 2 heterocycles. The lowest BCUT2D eigenvalue weighted by molar-refractivity contribution is 0.106. The van der Waals surface area contributed by atoms with Crippen molar-refractivity contribution in [3.8, 4) is 0 Å². The molecule has 2 aliphatic rings. The van der Waals surface area contributed by atoms with Crippen molar-refractivity contribution in [2.24, 2.45) is 5.41 Å². The molecule has 1 aromatic heterocycles. The summed E-state index contributed by atoms with van der Waals surface area (Å²) in [5.74, 6) is 1.24. The first-order valence-electron chi connectivity index (χ1n) is 8.18. The average molecular weight is 276 g/mol. The number of hydrogen-bond donors (Lipinski definition) is 1. The Morgan fingerprint density at radius 2 is 2.00 bits per heavy atom. The first-order valence-corrected chi connectivity index (χ1v) is 8.18. The average Bonchev–Trinajstić information content (AvgIpc) is 2.79. The van der Waals surface area contributed by atoms with Crippen molar-refractivity contribution in [3.05, 3.63) is 18.2 Å². The zero-order valence-corrected chi connectivity index (χ0v) is 12.8. The van der Waals surface area contributed by atoms with E-state index in [-0.39, 0.29) is 0 Å². The van der Waals surface area contributed by atoms with Crippen molar-refractivity contribution >= 4 is 0 Å². The maximum atomic E-state index is 4.49. The van der Waals surface area contributed by atoms with Crippen LogP contribution in [0.1, 0.15) is 44.3 Å². The lowest BCUT2D eigenvalue weighted by Gasteiger charge is -2.39. The Labute approximate surface area is 122 Å². The molecule has 4 nitrogen and oxygen atoms in total. The summed E-state index contributed by atoms with van der Waals surface area (Å²) in [6, 6.07) is 0. The van der Waals surface area contributed by atoms with Gasteiger partial charge in [0.25, 0.3) is 0 Å². The van der Waals surface area contributed by atoms with Gasteiger partial charge in [0.1, 0.15) is 5.82 Å². The molecule has 1 N–H and O–H groups in total. The molecule has 1 fully saturated rings. The monoisotopic (exact) mass is 276 g/mol. The minimum Gasteiger partial charge on any atom is -0.333 e. The lowest BCUT2D eigenvalue weighted by Crippen LogP contribution is -2.45. The fourth-order valence-corrected chi connectivity index (χ4v) is 4.08. The van der Waals surface area contributed by atoms with Crippen LogP contribution in [0.5, 0.6) is 0 Å². The number of fused-ring (bicyclic) bond motifs is 1. The third-order valence-electron chi connectivity index (χ3n) is 5.10. The topological polar surface area (TPSA) is 33.1 Å². The molecule has 0 saturated heterocycles. The van der Waals surface area contributed by atoms with Gasteiger partial charge in [0, 0.05) is 38.6 Å². The number of hydrogen-bond acceptors (Lipinski definition) is 3. The van der Waals surface area contributed by atoms with E-state index in [9.17, 15) is 0 Å². The Hall–Kier alpha value is -0.870. The lowest BCUT2D eigenvalue weighted by atomic mass is 9.79. The molecule has 0 radical (unpaired) electrons. The minimum atomic E-state index is 0.486. The van der Waals surface area contributed by atoms with Crippen LogP contribution in [0.3, 0.4) is 0 Å². The van der Waals surface area contributed by atoms with Gasteiger partial charge in [-0.05, 0) is 25.3 Å². The summed E-state index contributed by atoms with van der Waals surface area (Å²) in [4.78, 5) is 7.12. The van der Waals surface area contributed by atoms with Crippen LogP contribution in [-0.4, -0.2) is 41.1 Å². The first kappa shape index (κ1) is 14.1. The number of rotatable bonds is 4. The van der Waals surface area contributed by atoms with E-state index in [2.05, 4.69) is 33.0 Å². The van der Waals surface area contributed by atoms with E-state index in [0.29, 0.717) is 5.41 Å². The maximum absolute atomic E-state index is 4.49. The quantitative estimate of drug-likeness (QED) is 0.856. The van der Waals surface area contributed by atoms with E-state index < -0.39 is 0 Å². The molecule has 0 bridgehead atoms. The molecule has 0 unspecified atom stereocenters. The Balaban J connectivity index is 1.67. The van der Waals surface area contributed by atoms with Crippen LogP contribution in [0, 0.1) is 5.41 Å². The molecule has 1 aliphatic heterocycles. The van der Waals surface area contributed by atoms with Crippen LogP contribution in [0.4, 0.5) is 0 Å². The number of nitrogens with one attached hydrogen (secondary N) is 1. The van der Waals surface area contributed by atoms with E-state index in [1.165, 1.54) is 57.4 Å². The van der Waals surface area contributed by atoms with Gasteiger partial charge in [-0.25, -0.2) is 4.98 Å². The molecule has 0 spiro atoms. The van der Waals surface area contributed by atoms with Crippen molar-refractivity contribution in [2.45, 2.75) is 51.6 Å². The van der Waals surface area contributed by atoms with E-state index in [1.54, 1.807) is 0 Å². The smallest absolute Gasteiger partial charge is 0.122 e. The van der Waals surface area contributed by atoms with Crippen molar-refractivity contribution in [3.63, 3.8) is 0 Å². The molecule has 112 valence electrons. The second-order valence-electron chi connectivity index (χ2n) is 6.69. The van der Waals surface area contributed by atoms with E-state index in [4.69, 9.17) is 0 Å². The molecular formula is C16H28N4. The van der Waals surface area contributed by atoms with Gasteiger partial charge in [0.2, 0.25) is 0 Å². The molecule has 0 aromatic carbocycles. The predicted octanol–water partition coefficient (Wildman–Crippen LogP) is 2.26. The van der Waals surface area contributed by atoms with Crippen molar-refractivity contribution in [1.82, 2.24) is 19.8 Å². The second-order valence-corrected chi connectivity index (χ2v) is 6.69. The van der Waals surface area contributed by atoms with Gasteiger partial charge in [-0.15, -0.1) is 0 Å². The zero-order chi connectivity index (χ0) is 13.8. The Kier molecular flexibility index (Phi) is 4.41. The van der Waals surface area contributed by atoms with Gasteiger partial charge < -0.3 is 9.88 Å². The first-order chi connectivity index (χ1) is 9.81. The summed E-state index contributed by atoms with van der Waals surface area (Å²) in [5.41, 5.74) is 0.486. The molecule has 1 aromatic rings. The largest absolute Gasteiger partial charge is 0.333 e. The third kappa shape index (κ3) is 3.07. The summed E-state index contributed by atoms with van der Waals surface area (Å²) >= 11 is 0. The number of nitrogens with zero attached hydrogens (tertiary/aromatic N) is 3. The highest BCUT2D eigenvalue weighted by atomic mass is 15.2. The van der Waals surface area contributed by atoms with Gasteiger partial charge in [-0.2, -0.15) is 0 Å². The van der Waals surface area contributed by atoms with Crippen molar-refractivity contribution < 1.29 is 0 Å². The summed E-state index contributed by atoms with van der Waals surface area (Å²) in [5, 5.41) is 3.46. The number of imidazole rings is 1. The zero-order valence-electron chi connectivity index (χ0n) is 12.8. The van der Waals surface area contributed by atoms with Gasteiger partial charge in [0.05, 0.1) is 6.54 Å². The number of aromatic nitrogens is 2. The van der Waals surface area contributed by atoms with E-state index in [1.807, 2.05) is 6.20 Å². The molecule has 1 saturated carbocycles. The van der Waals surface area contributed by atoms with Crippen molar-refractivity contribution in [2.75, 3.05) is 26.7 Å². The fraction of sp³-hybridized carbons (Fsp3) is 0.812. The normalized spacial score (nSPS) is 23.2. The summed E-state index contributed by atoms with van der Waals surface area (Å²) < 4.78 is 2.30. The van der Waals surface area contributed by atoms with Crippen LogP contribution in [0.15, 0.2) is 12.4 Å². The summed E-state index contributed by atoms with van der Waals surface area (Å²) in [6.45, 7) is 5.71. The molecular weight excluding hydrogens is 248 g/mol. The highest BCUT2D eigenvalue weighted by Crippen LogP contribution is 2.36. The van der Waals surface area contributed by atoms with E-state index >= 15 is 0 Å². The molecule has 1 aliphatic carbocycles. The predicted molar refractivity (Wildman–Crippen MR) is 81.6 cm³/mol. The molecule has 4 heteroatoms. The van der Waals surface area contributed by atoms with Gasteiger partial charge in [0.15, 0.2) is 0 Å². The molecule has 20 heavy (non-hydrogen) atoms. The Morgan fingerprint density at radius 3 is 2.75 bits per heavy atom. The highest BCUT2D eigenvalue weighted by Gasteiger charge is 2.33. The Morgan fingerprint density at radius 1 is 1.20 bits per heavy atom. The van der Waals surface area contributed by atoms with Crippen LogP contribution in [0.2, 0.25) is 0 Å². The van der Waals surface area contributed by atoms with Crippen molar-refractivity contribution in [1.29, 1.82) is 0 Å². The third-order valence-corrected chi connectivity index (χ3v) is 5.10. The van der Waals surface area contributed by atoms with Crippen LogP contribution in [0.25, 0.3) is 0 Å². The standard InChI is InChI=1S/C16H28N4/c1-17-13-16(6-4-2-3-5-7-16)14-19-10-11-20-9-8-18-15(20)12-19/h8-9,17H,2-7,10-14H2,1H3. The second kappa shape index (κ2) is 6.27. The van der Waals surface area contributed by atoms with Gasteiger partial charge in [-0.3, -0.25) is 4.90 Å². The van der Waals surface area contributed by atoms with Crippen LogP contribution >= 0.6 is 0 Å². The molecule has 0 atom stereocenters. The summed E-state index contributed by atoms with van der Waals surface area (Å²) in [7, 11) is 2.11. The maximum Gasteiger partial charge on any atom is 0.122 e. The molecule has 3 rings (SSSR count). The van der Waals surface area contributed by atoms with Gasteiger partial charge in [-0.1, -0.05) is 25.7 Å². The Bertz CT molecular complexity index is 418. The molecule has 0 amide bonds. The SMILES string of the molecule is CNCC1(CN2CCn3ccnc3C2)CCCCCC1. The van der Waals surface area contributed by atoms with E-state index in [0.717, 1.165) is 19.6 Å². The van der Waals surface area contributed by atoms with Crippen LogP contribution in [-0.2, 0) is 13.1 Å². The fourth-order valence-electron chi connectivity index (χ4n) is 4.08. The van der Waals surface area contributed by atoms with Gasteiger partial charge >= 0.3 is 0 Å². The highest BCUT2D eigenvalue weighted by molar-refractivity contribution is 4.97. The summed E-state index contributed by atoms with van der Waals surface area (Å²) in [6.07, 6.45) is 12.5.